The Labute approximate surface area is 120 Å². The molecular formula is C13H15BrClN3. The number of nitrogens with zero attached hydrogens (tertiary/aromatic N) is 3. The molecule has 0 amide bonds. The van der Waals surface area contributed by atoms with Gasteiger partial charge in [-0.15, -0.1) is 10.2 Å². The van der Waals surface area contributed by atoms with E-state index < -0.39 is 0 Å². The summed E-state index contributed by atoms with van der Waals surface area (Å²) in [5.41, 5.74) is 1.04. The SMILES string of the molecule is CC(C)Cn1c(CBr)nnc1-c1ccc(Cl)cc1. The Bertz CT molecular complexity index is 520. The van der Waals surface area contributed by atoms with Gasteiger partial charge in [-0.05, 0) is 30.2 Å². The lowest BCUT2D eigenvalue weighted by molar-refractivity contribution is 0.516. The van der Waals surface area contributed by atoms with Crippen molar-refractivity contribution in [2.75, 3.05) is 0 Å². The molecule has 0 N–H and O–H groups in total. The molecule has 96 valence electrons. The van der Waals surface area contributed by atoms with Crippen molar-refractivity contribution in [3.8, 4) is 11.4 Å². The van der Waals surface area contributed by atoms with Gasteiger partial charge in [-0.2, -0.15) is 0 Å². The van der Waals surface area contributed by atoms with Crippen LogP contribution in [-0.4, -0.2) is 14.8 Å². The zero-order chi connectivity index (χ0) is 13.1. The summed E-state index contributed by atoms with van der Waals surface area (Å²) in [6.45, 7) is 5.28. The lowest BCUT2D eigenvalue weighted by Gasteiger charge is -2.11. The van der Waals surface area contributed by atoms with Crippen molar-refractivity contribution in [2.45, 2.75) is 25.7 Å². The number of halogens is 2. The molecule has 0 saturated heterocycles. The number of hydrogen-bond donors (Lipinski definition) is 0. The lowest BCUT2D eigenvalue weighted by Crippen LogP contribution is -2.09. The first-order valence-electron chi connectivity index (χ1n) is 5.85. The smallest absolute Gasteiger partial charge is 0.163 e. The van der Waals surface area contributed by atoms with Crippen molar-refractivity contribution in [3.05, 3.63) is 35.1 Å². The molecule has 0 bridgehead atoms. The Hall–Kier alpha value is -0.870. The summed E-state index contributed by atoms with van der Waals surface area (Å²) in [5.74, 6) is 2.40. The Balaban J connectivity index is 2.43. The number of aromatic nitrogens is 3. The molecule has 0 saturated carbocycles. The highest BCUT2D eigenvalue weighted by Gasteiger charge is 2.13. The largest absolute Gasteiger partial charge is 0.310 e. The summed E-state index contributed by atoms with van der Waals surface area (Å²) in [6.07, 6.45) is 0. The summed E-state index contributed by atoms with van der Waals surface area (Å²) in [5, 5.41) is 9.94. The first-order valence-corrected chi connectivity index (χ1v) is 7.35. The zero-order valence-corrected chi connectivity index (χ0v) is 12.7. The zero-order valence-electron chi connectivity index (χ0n) is 10.4. The molecule has 3 nitrogen and oxygen atoms in total. The van der Waals surface area contributed by atoms with Crippen molar-refractivity contribution >= 4 is 27.5 Å². The van der Waals surface area contributed by atoms with E-state index in [-0.39, 0.29) is 0 Å². The predicted octanol–water partition coefficient (Wildman–Crippen LogP) is 4.15. The van der Waals surface area contributed by atoms with E-state index in [9.17, 15) is 0 Å². The van der Waals surface area contributed by atoms with Crippen LogP contribution in [0, 0.1) is 5.92 Å². The summed E-state index contributed by atoms with van der Waals surface area (Å²) in [6, 6.07) is 7.69. The van der Waals surface area contributed by atoms with Gasteiger partial charge in [-0.3, -0.25) is 0 Å². The van der Waals surface area contributed by atoms with Gasteiger partial charge in [0.2, 0.25) is 0 Å². The molecule has 5 heteroatoms. The first kappa shape index (κ1) is 13.6. The molecule has 0 spiro atoms. The second kappa shape index (κ2) is 5.85. The van der Waals surface area contributed by atoms with E-state index in [4.69, 9.17) is 11.6 Å². The van der Waals surface area contributed by atoms with Gasteiger partial charge in [0.25, 0.3) is 0 Å². The molecular weight excluding hydrogens is 314 g/mol. The maximum Gasteiger partial charge on any atom is 0.163 e. The average Bonchev–Trinajstić information content (AvgIpc) is 2.72. The van der Waals surface area contributed by atoms with E-state index in [0.717, 1.165) is 28.8 Å². The van der Waals surface area contributed by atoms with E-state index in [2.05, 4.69) is 44.5 Å². The molecule has 18 heavy (non-hydrogen) atoms. The third-order valence-electron chi connectivity index (χ3n) is 2.60. The third-order valence-corrected chi connectivity index (χ3v) is 3.35. The number of rotatable bonds is 4. The van der Waals surface area contributed by atoms with Crippen LogP contribution in [0.3, 0.4) is 0 Å². The summed E-state index contributed by atoms with van der Waals surface area (Å²) >= 11 is 9.36. The molecule has 0 aliphatic heterocycles. The lowest BCUT2D eigenvalue weighted by atomic mass is 10.2. The fourth-order valence-corrected chi connectivity index (χ4v) is 2.34. The molecule has 0 fully saturated rings. The normalized spacial score (nSPS) is 11.2. The second-order valence-corrected chi connectivity index (χ2v) is 5.58. The highest BCUT2D eigenvalue weighted by atomic mass is 79.9. The van der Waals surface area contributed by atoms with Crippen LogP contribution in [-0.2, 0) is 11.9 Å². The van der Waals surface area contributed by atoms with E-state index in [0.29, 0.717) is 11.2 Å². The van der Waals surface area contributed by atoms with Crippen molar-refractivity contribution in [2.24, 2.45) is 5.92 Å². The Kier molecular flexibility index (Phi) is 4.40. The molecule has 0 atom stereocenters. The van der Waals surface area contributed by atoms with Crippen molar-refractivity contribution in [1.82, 2.24) is 14.8 Å². The molecule has 1 aromatic carbocycles. The van der Waals surface area contributed by atoms with Crippen molar-refractivity contribution in [1.29, 1.82) is 0 Å². The van der Waals surface area contributed by atoms with Crippen LogP contribution in [0.4, 0.5) is 0 Å². The molecule has 0 aliphatic rings. The maximum absolute atomic E-state index is 5.91. The number of benzene rings is 1. The van der Waals surface area contributed by atoms with Crippen molar-refractivity contribution < 1.29 is 0 Å². The Morgan fingerprint density at radius 2 is 1.89 bits per heavy atom. The van der Waals surface area contributed by atoms with Crippen LogP contribution in [0.1, 0.15) is 19.7 Å². The second-order valence-electron chi connectivity index (χ2n) is 4.58. The van der Waals surface area contributed by atoms with Gasteiger partial charge in [0.1, 0.15) is 5.82 Å². The number of hydrogen-bond acceptors (Lipinski definition) is 2. The van der Waals surface area contributed by atoms with Gasteiger partial charge in [0.05, 0.1) is 5.33 Å². The van der Waals surface area contributed by atoms with Crippen LogP contribution >= 0.6 is 27.5 Å². The molecule has 1 heterocycles. The van der Waals surface area contributed by atoms with Crippen molar-refractivity contribution in [3.63, 3.8) is 0 Å². The predicted molar refractivity (Wildman–Crippen MR) is 77.9 cm³/mol. The van der Waals surface area contributed by atoms with E-state index in [1.807, 2.05) is 24.3 Å². The molecule has 2 aromatic rings. The highest BCUT2D eigenvalue weighted by molar-refractivity contribution is 9.08. The van der Waals surface area contributed by atoms with Crippen LogP contribution < -0.4 is 0 Å². The molecule has 0 aliphatic carbocycles. The maximum atomic E-state index is 5.91. The van der Waals surface area contributed by atoms with Gasteiger partial charge in [-0.1, -0.05) is 41.4 Å². The topological polar surface area (TPSA) is 30.7 Å². The van der Waals surface area contributed by atoms with E-state index >= 15 is 0 Å². The van der Waals surface area contributed by atoms with E-state index in [1.165, 1.54) is 0 Å². The van der Waals surface area contributed by atoms with Crippen LogP contribution in [0.5, 0.6) is 0 Å². The van der Waals surface area contributed by atoms with Gasteiger partial charge < -0.3 is 4.57 Å². The monoisotopic (exact) mass is 327 g/mol. The van der Waals surface area contributed by atoms with Crippen LogP contribution in [0.15, 0.2) is 24.3 Å². The standard InChI is InChI=1S/C13H15BrClN3/c1-9(2)8-18-12(7-14)16-17-13(18)10-3-5-11(15)6-4-10/h3-6,9H,7-8H2,1-2H3. The minimum atomic E-state index is 0.546. The first-order chi connectivity index (χ1) is 8.61. The Morgan fingerprint density at radius 1 is 1.22 bits per heavy atom. The van der Waals surface area contributed by atoms with Crippen LogP contribution in [0.2, 0.25) is 5.02 Å². The molecule has 1 aromatic heterocycles. The van der Waals surface area contributed by atoms with E-state index in [1.54, 1.807) is 0 Å². The van der Waals surface area contributed by atoms with Crippen LogP contribution in [0.25, 0.3) is 11.4 Å². The fourth-order valence-electron chi connectivity index (χ4n) is 1.80. The summed E-state index contributed by atoms with van der Waals surface area (Å²) < 4.78 is 2.16. The van der Waals surface area contributed by atoms with Gasteiger partial charge in [0.15, 0.2) is 5.82 Å². The minimum Gasteiger partial charge on any atom is -0.310 e. The fraction of sp³-hybridized carbons (Fsp3) is 0.385. The summed E-state index contributed by atoms with van der Waals surface area (Å²) in [4.78, 5) is 0. The molecule has 0 radical (unpaired) electrons. The number of alkyl halides is 1. The van der Waals surface area contributed by atoms with Gasteiger partial charge >= 0.3 is 0 Å². The average molecular weight is 329 g/mol. The quantitative estimate of drug-likeness (QED) is 0.789. The van der Waals surface area contributed by atoms with Gasteiger partial charge in [0, 0.05) is 17.1 Å². The minimum absolute atomic E-state index is 0.546. The molecule has 2 rings (SSSR count). The Morgan fingerprint density at radius 3 is 2.44 bits per heavy atom. The van der Waals surface area contributed by atoms with Gasteiger partial charge in [-0.25, -0.2) is 0 Å². The molecule has 0 unspecified atom stereocenters. The highest BCUT2D eigenvalue weighted by Crippen LogP contribution is 2.22. The third kappa shape index (κ3) is 2.93. The summed E-state index contributed by atoms with van der Waals surface area (Å²) in [7, 11) is 0.